The number of hydrogen-bond acceptors (Lipinski definition) is 5. The van der Waals surface area contributed by atoms with E-state index in [1.54, 1.807) is 28.9 Å². The topological polar surface area (TPSA) is 81.1 Å². The highest BCUT2D eigenvalue weighted by Crippen LogP contribution is 2.31. The molecule has 0 amide bonds. The van der Waals surface area contributed by atoms with E-state index in [1.165, 1.54) is 11.3 Å². The van der Waals surface area contributed by atoms with E-state index in [1.807, 2.05) is 18.2 Å². The van der Waals surface area contributed by atoms with Crippen molar-refractivity contribution >= 4 is 39.8 Å². The van der Waals surface area contributed by atoms with Gasteiger partial charge in [0.2, 0.25) is 0 Å². The number of nitrogens with zero attached hydrogens (tertiary/aromatic N) is 3. The van der Waals surface area contributed by atoms with Crippen molar-refractivity contribution in [2.75, 3.05) is 0 Å². The first-order chi connectivity index (χ1) is 11.6. The summed E-state index contributed by atoms with van der Waals surface area (Å²) in [5.41, 5.74) is 1.41. The maximum atomic E-state index is 11.4. The smallest absolute Gasteiger partial charge is 0.357 e. The van der Waals surface area contributed by atoms with Crippen LogP contribution in [-0.2, 0) is 6.54 Å². The summed E-state index contributed by atoms with van der Waals surface area (Å²) in [4.78, 5) is 12.2. The van der Waals surface area contributed by atoms with Crippen LogP contribution in [0.15, 0.2) is 47.0 Å². The summed E-state index contributed by atoms with van der Waals surface area (Å²) in [5.74, 6) is -0.434. The molecule has 4 rings (SSSR count). The fourth-order valence-corrected chi connectivity index (χ4v) is 3.50. The number of fused-ring (bicyclic) bond motifs is 1. The highest BCUT2D eigenvalue weighted by Gasteiger charge is 2.17. The van der Waals surface area contributed by atoms with Gasteiger partial charge < -0.3 is 9.63 Å². The van der Waals surface area contributed by atoms with Gasteiger partial charge in [-0.2, -0.15) is 5.10 Å². The van der Waals surface area contributed by atoms with Crippen molar-refractivity contribution in [2.45, 2.75) is 6.54 Å². The molecule has 8 heteroatoms. The number of carboxylic acids is 1. The van der Waals surface area contributed by atoms with Gasteiger partial charge in [0.05, 0.1) is 21.3 Å². The summed E-state index contributed by atoms with van der Waals surface area (Å²) in [5, 5.41) is 18.1. The zero-order valence-corrected chi connectivity index (χ0v) is 13.7. The van der Waals surface area contributed by atoms with Gasteiger partial charge in [0, 0.05) is 11.5 Å². The molecule has 0 unspecified atom stereocenters. The summed E-state index contributed by atoms with van der Waals surface area (Å²) in [6.45, 7) is 0.316. The van der Waals surface area contributed by atoms with Crippen LogP contribution >= 0.6 is 22.9 Å². The van der Waals surface area contributed by atoms with Crippen molar-refractivity contribution in [3.63, 3.8) is 0 Å². The number of benzene rings is 1. The zero-order valence-electron chi connectivity index (χ0n) is 12.1. The number of halogens is 1. The van der Waals surface area contributed by atoms with Gasteiger partial charge in [-0.3, -0.25) is 4.68 Å². The van der Waals surface area contributed by atoms with Gasteiger partial charge in [0.1, 0.15) is 5.69 Å². The minimum atomic E-state index is -1.06. The summed E-state index contributed by atoms with van der Waals surface area (Å²) in [6.07, 6.45) is 0. The average molecular weight is 360 g/mol. The van der Waals surface area contributed by atoms with Crippen molar-refractivity contribution in [3.8, 4) is 10.6 Å². The van der Waals surface area contributed by atoms with Crippen molar-refractivity contribution in [1.29, 1.82) is 0 Å². The Morgan fingerprint density at radius 2 is 2.12 bits per heavy atom. The average Bonchev–Trinajstić information content (AvgIpc) is 3.27. The van der Waals surface area contributed by atoms with Crippen LogP contribution in [0.5, 0.6) is 0 Å². The maximum absolute atomic E-state index is 11.4. The van der Waals surface area contributed by atoms with E-state index in [0.717, 1.165) is 10.4 Å². The third kappa shape index (κ3) is 2.57. The van der Waals surface area contributed by atoms with E-state index in [2.05, 4.69) is 10.3 Å². The Labute approximate surface area is 144 Å². The van der Waals surface area contributed by atoms with Gasteiger partial charge in [-0.1, -0.05) is 35.0 Å². The molecular weight excluding hydrogens is 350 g/mol. The first-order valence-electron chi connectivity index (χ1n) is 7.02. The van der Waals surface area contributed by atoms with Gasteiger partial charge in [-0.25, -0.2) is 4.79 Å². The van der Waals surface area contributed by atoms with Crippen molar-refractivity contribution in [2.24, 2.45) is 0 Å². The first kappa shape index (κ1) is 14.9. The number of aromatic nitrogens is 3. The lowest BCUT2D eigenvalue weighted by Gasteiger charge is -1.98. The second kappa shape index (κ2) is 5.77. The fraction of sp³-hybridized carbons (Fsp3) is 0.0625. The van der Waals surface area contributed by atoms with E-state index in [9.17, 15) is 9.90 Å². The molecule has 0 aliphatic carbocycles. The molecule has 120 valence electrons. The third-order valence-electron chi connectivity index (χ3n) is 3.55. The Hall–Kier alpha value is -2.64. The molecule has 24 heavy (non-hydrogen) atoms. The Balaban J connectivity index is 1.70. The highest BCUT2D eigenvalue weighted by atomic mass is 35.5. The number of carbonyl (C=O) groups is 1. The molecule has 0 aliphatic rings. The molecule has 1 N–H and O–H groups in total. The maximum Gasteiger partial charge on any atom is 0.357 e. The quantitative estimate of drug-likeness (QED) is 0.592. The number of rotatable bonds is 4. The van der Waals surface area contributed by atoms with Gasteiger partial charge >= 0.3 is 5.97 Å². The van der Waals surface area contributed by atoms with Crippen molar-refractivity contribution < 1.29 is 14.4 Å². The SMILES string of the molecule is O=C(O)c1nn(Cc2cc(-c3ccc(Cl)s3)on2)c2ccccc12. The van der Waals surface area contributed by atoms with Crippen LogP contribution in [0.4, 0.5) is 0 Å². The predicted molar refractivity (Wildman–Crippen MR) is 90.6 cm³/mol. The van der Waals surface area contributed by atoms with Gasteiger partial charge in [-0.05, 0) is 18.2 Å². The van der Waals surface area contributed by atoms with Gasteiger partial charge in [-0.15, -0.1) is 11.3 Å². The third-order valence-corrected chi connectivity index (χ3v) is 4.79. The Morgan fingerprint density at radius 1 is 1.29 bits per heavy atom. The molecule has 4 aromatic rings. The summed E-state index contributed by atoms with van der Waals surface area (Å²) < 4.78 is 7.63. The van der Waals surface area contributed by atoms with E-state index >= 15 is 0 Å². The molecule has 1 aromatic carbocycles. The van der Waals surface area contributed by atoms with Crippen LogP contribution in [0.3, 0.4) is 0 Å². The molecule has 0 spiro atoms. The van der Waals surface area contributed by atoms with E-state index < -0.39 is 5.97 Å². The molecule has 0 aliphatic heterocycles. The van der Waals surface area contributed by atoms with E-state index in [0.29, 0.717) is 27.7 Å². The van der Waals surface area contributed by atoms with Crippen LogP contribution in [-0.4, -0.2) is 26.0 Å². The van der Waals surface area contributed by atoms with Crippen LogP contribution in [0.25, 0.3) is 21.5 Å². The Bertz CT molecular complexity index is 1050. The van der Waals surface area contributed by atoms with Crippen molar-refractivity contribution in [3.05, 3.63) is 58.2 Å². The van der Waals surface area contributed by atoms with E-state index in [4.69, 9.17) is 16.1 Å². The normalized spacial score (nSPS) is 11.2. The second-order valence-electron chi connectivity index (χ2n) is 5.11. The molecule has 0 saturated heterocycles. The van der Waals surface area contributed by atoms with Gasteiger partial charge in [0.25, 0.3) is 0 Å². The lowest BCUT2D eigenvalue weighted by Crippen LogP contribution is -2.04. The summed E-state index contributed by atoms with van der Waals surface area (Å²) in [6, 6.07) is 12.7. The molecule has 0 saturated carbocycles. The number of aromatic carboxylic acids is 1. The minimum absolute atomic E-state index is 0.0272. The van der Waals surface area contributed by atoms with Gasteiger partial charge in [0.15, 0.2) is 11.5 Å². The molecule has 6 nitrogen and oxygen atoms in total. The summed E-state index contributed by atoms with van der Waals surface area (Å²) >= 11 is 7.33. The largest absolute Gasteiger partial charge is 0.476 e. The second-order valence-corrected chi connectivity index (χ2v) is 6.83. The lowest BCUT2D eigenvalue weighted by atomic mass is 10.2. The first-order valence-corrected chi connectivity index (χ1v) is 8.21. The van der Waals surface area contributed by atoms with Crippen LogP contribution in [0, 0.1) is 0 Å². The fourth-order valence-electron chi connectivity index (χ4n) is 2.51. The Kier molecular flexibility index (Phi) is 3.59. The number of thiophene rings is 1. The molecular formula is C16H10ClN3O3S. The van der Waals surface area contributed by atoms with E-state index in [-0.39, 0.29) is 5.69 Å². The van der Waals surface area contributed by atoms with Crippen molar-refractivity contribution in [1.82, 2.24) is 14.9 Å². The zero-order chi connectivity index (χ0) is 16.7. The lowest BCUT2D eigenvalue weighted by molar-refractivity contribution is 0.0691. The van der Waals surface area contributed by atoms with Crippen LogP contribution < -0.4 is 0 Å². The molecule has 0 fully saturated rings. The predicted octanol–water partition coefficient (Wildman–Crippen LogP) is 4.15. The standard InChI is InChI=1S/C16H10ClN3O3S/c17-14-6-5-13(24-14)12-7-9(19-23-12)8-20-11-4-2-1-3-10(11)15(18-20)16(21)22/h1-7H,8H2,(H,21,22). The number of para-hydroxylation sites is 1. The summed E-state index contributed by atoms with van der Waals surface area (Å²) in [7, 11) is 0. The minimum Gasteiger partial charge on any atom is -0.476 e. The molecule has 0 radical (unpaired) electrons. The Morgan fingerprint density at radius 3 is 2.88 bits per heavy atom. The number of hydrogen-bond donors (Lipinski definition) is 1. The molecule has 0 atom stereocenters. The molecule has 3 aromatic heterocycles. The van der Waals surface area contributed by atoms with Crippen LogP contribution in [0.2, 0.25) is 4.34 Å². The monoisotopic (exact) mass is 359 g/mol. The van der Waals surface area contributed by atoms with Crippen LogP contribution in [0.1, 0.15) is 16.2 Å². The number of carboxylic acid groups (broad SMARTS) is 1. The highest BCUT2D eigenvalue weighted by molar-refractivity contribution is 7.19. The molecule has 3 heterocycles. The molecule has 0 bridgehead atoms.